The number of anilines is 3. The molecule has 0 amide bonds. The average Bonchev–Trinajstić information content (AvgIpc) is 3.10. The van der Waals surface area contributed by atoms with Crippen molar-refractivity contribution < 1.29 is 4.39 Å². The third-order valence-corrected chi connectivity index (χ3v) is 4.42. The highest BCUT2D eigenvalue weighted by molar-refractivity contribution is 5.90. The predicted molar refractivity (Wildman–Crippen MR) is 95.1 cm³/mol. The number of benzene rings is 2. The third-order valence-electron chi connectivity index (χ3n) is 4.42. The van der Waals surface area contributed by atoms with E-state index < -0.39 is 0 Å². The summed E-state index contributed by atoms with van der Waals surface area (Å²) in [5.41, 5.74) is 1.21. The quantitative estimate of drug-likeness (QED) is 0.719. The van der Waals surface area contributed by atoms with E-state index in [1.807, 2.05) is 24.3 Å². The topological polar surface area (TPSA) is 49.8 Å². The van der Waals surface area contributed by atoms with E-state index >= 15 is 0 Å². The number of nitrogens with one attached hydrogen (secondary N) is 2. The molecule has 0 radical (unpaired) electrons. The lowest BCUT2D eigenvalue weighted by Crippen LogP contribution is -2.16. The summed E-state index contributed by atoms with van der Waals surface area (Å²) in [7, 11) is 0. The molecule has 1 aliphatic rings. The molecule has 1 fully saturated rings. The van der Waals surface area contributed by atoms with Gasteiger partial charge in [0.05, 0.1) is 11.2 Å². The predicted octanol–water partition coefficient (Wildman–Crippen LogP) is 4.87. The molecule has 2 N–H and O–H groups in total. The molecule has 0 aliphatic heterocycles. The molecule has 3 aromatic rings. The molecule has 1 heterocycles. The van der Waals surface area contributed by atoms with Gasteiger partial charge in [-0.3, -0.25) is 0 Å². The monoisotopic (exact) mass is 322 g/mol. The number of rotatable bonds is 4. The van der Waals surface area contributed by atoms with E-state index in [-0.39, 0.29) is 5.82 Å². The van der Waals surface area contributed by atoms with Crippen LogP contribution in [0.15, 0.2) is 48.5 Å². The van der Waals surface area contributed by atoms with Crippen molar-refractivity contribution in [3.63, 3.8) is 0 Å². The molecule has 122 valence electrons. The van der Waals surface area contributed by atoms with Crippen LogP contribution in [0.1, 0.15) is 25.7 Å². The molecular formula is C19H19FN4. The van der Waals surface area contributed by atoms with Gasteiger partial charge in [0.15, 0.2) is 0 Å². The molecule has 0 spiro atoms. The zero-order valence-electron chi connectivity index (χ0n) is 13.3. The molecule has 0 bridgehead atoms. The van der Waals surface area contributed by atoms with Crippen molar-refractivity contribution in [2.45, 2.75) is 31.7 Å². The van der Waals surface area contributed by atoms with Crippen LogP contribution in [0, 0.1) is 5.82 Å². The number of nitrogens with zero attached hydrogens (tertiary/aromatic N) is 2. The Hall–Kier alpha value is -2.69. The van der Waals surface area contributed by atoms with Gasteiger partial charge in [-0.15, -0.1) is 0 Å². The lowest BCUT2D eigenvalue weighted by molar-refractivity contribution is 0.631. The van der Waals surface area contributed by atoms with E-state index in [1.165, 1.54) is 18.9 Å². The van der Waals surface area contributed by atoms with E-state index in [4.69, 9.17) is 0 Å². The molecule has 0 saturated heterocycles. The van der Waals surface area contributed by atoms with Gasteiger partial charge in [0, 0.05) is 11.4 Å². The zero-order chi connectivity index (χ0) is 16.4. The smallest absolute Gasteiger partial charge is 0.229 e. The molecule has 24 heavy (non-hydrogen) atoms. The standard InChI is InChI=1S/C19H19FN4/c20-15-10-4-6-12-17(15)23-19-22-16-11-5-3-9-14(16)18(24-19)21-13-7-1-2-8-13/h3-6,9-13H,1-2,7-8H2,(H2,21,22,23,24). The lowest BCUT2D eigenvalue weighted by atomic mass is 10.2. The third kappa shape index (κ3) is 3.02. The Morgan fingerprint density at radius 3 is 2.50 bits per heavy atom. The zero-order valence-corrected chi connectivity index (χ0v) is 13.3. The second-order valence-corrected chi connectivity index (χ2v) is 6.14. The van der Waals surface area contributed by atoms with Gasteiger partial charge in [0.25, 0.3) is 0 Å². The Labute approximate surface area is 140 Å². The fourth-order valence-electron chi connectivity index (χ4n) is 3.19. The largest absolute Gasteiger partial charge is 0.367 e. The number of halogens is 1. The van der Waals surface area contributed by atoms with Crippen LogP contribution in [-0.2, 0) is 0 Å². The number of hydrogen-bond acceptors (Lipinski definition) is 4. The average molecular weight is 322 g/mol. The Balaban J connectivity index is 1.72. The van der Waals surface area contributed by atoms with Gasteiger partial charge in [-0.1, -0.05) is 37.1 Å². The summed E-state index contributed by atoms with van der Waals surface area (Å²) in [5.74, 6) is 0.894. The Morgan fingerprint density at radius 2 is 1.67 bits per heavy atom. The van der Waals surface area contributed by atoms with Crippen LogP contribution in [0.3, 0.4) is 0 Å². The summed E-state index contributed by atoms with van der Waals surface area (Å²) in [6, 6.07) is 14.9. The maximum absolute atomic E-state index is 13.9. The Morgan fingerprint density at radius 1 is 0.917 bits per heavy atom. The summed E-state index contributed by atoms with van der Waals surface area (Å²) >= 11 is 0. The molecule has 1 aromatic heterocycles. The normalized spacial score (nSPS) is 14.9. The van der Waals surface area contributed by atoms with E-state index in [0.29, 0.717) is 17.7 Å². The number of para-hydroxylation sites is 2. The van der Waals surface area contributed by atoms with E-state index in [1.54, 1.807) is 18.2 Å². The van der Waals surface area contributed by atoms with Crippen LogP contribution in [0.5, 0.6) is 0 Å². The van der Waals surface area contributed by atoms with Gasteiger partial charge in [0.1, 0.15) is 11.6 Å². The van der Waals surface area contributed by atoms with Crippen molar-refractivity contribution in [2.24, 2.45) is 0 Å². The minimum atomic E-state index is -0.320. The van der Waals surface area contributed by atoms with E-state index in [2.05, 4.69) is 20.6 Å². The Kier molecular flexibility index (Phi) is 3.99. The molecule has 1 saturated carbocycles. The van der Waals surface area contributed by atoms with Crippen LogP contribution in [-0.4, -0.2) is 16.0 Å². The highest BCUT2D eigenvalue weighted by Crippen LogP contribution is 2.28. The van der Waals surface area contributed by atoms with Gasteiger partial charge >= 0.3 is 0 Å². The second kappa shape index (κ2) is 6.43. The first-order valence-corrected chi connectivity index (χ1v) is 8.34. The molecule has 2 aromatic carbocycles. The first kappa shape index (κ1) is 14.9. The SMILES string of the molecule is Fc1ccccc1Nc1nc(NC2CCCC2)c2ccccc2n1. The summed E-state index contributed by atoms with van der Waals surface area (Å²) < 4.78 is 13.9. The number of fused-ring (bicyclic) bond motifs is 1. The van der Waals surface area contributed by atoms with Crippen LogP contribution >= 0.6 is 0 Å². The maximum atomic E-state index is 13.9. The van der Waals surface area contributed by atoms with Crippen LogP contribution < -0.4 is 10.6 Å². The fraction of sp³-hybridized carbons (Fsp3) is 0.263. The highest BCUT2D eigenvalue weighted by Gasteiger charge is 2.17. The van der Waals surface area contributed by atoms with Crippen molar-refractivity contribution >= 4 is 28.4 Å². The summed E-state index contributed by atoms with van der Waals surface area (Å²) in [6.45, 7) is 0. The van der Waals surface area contributed by atoms with Gasteiger partial charge in [-0.05, 0) is 37.1 Å². The van der Waals surface area contributed by atoms with Gasteiger partial charge < -0.3 is 10.6 Å². The van der Waals surface area contributed by atoms with Crippen molar-refractivity contribution in [1.29, 1.82) is 0 Å². The fourth-order valence-corrected chi connectivity index (χ4v) is 3.19. The van der Waals surface area contributed by atoms with Crippen LogP contribution in [0.25, 0.3) is 10.9 Å². The van der Waals surface area contributed by atoms with Crippen molar-refractivity contribution in [3.05, 3.63) is 54.3 Å². The van der Waals surface area contributed by atoms with Gasteiger partial charge in [0.2, 0.25) is 5.95 Å². The van der Waals surface area contributed by atoms with Gasteiger partial charge in [-0.2, -0.15) is 4.98 Å². The molecule has 4 rings (SSSR count). The van der Waals surface area contributed by atoms with Gasteiger partial charge in [-0.25, -0.2) is 9.37 Å². The van der Waals surface area contributed by atoms with Crippen molar-refractivity contribution in [2.75, 3.05) is 10.6 Å². The minimum Gasteiger partial charge on any atom is -0.367 e. The highest BCUT2D eigenvalue weighted by atomic mass is 19.1. The van der Waals surface area contributed by atoms with Crippen molar-refractivity contribution in [1.82, 2.24) is 9.97 Å². The summed E-state index contributed by atoms with van der Waals surface area (Å²) in [5, 5.41) is 7.52. The summed E-state index contributed by atoms with van der Waals surface area (Å²) in [6.07, 6.45) is 4.82. The molecule has 0 atom stereocenters. The number of aromatic nitrogens is 2. The molecule has 1 aliphatic carbocycles. The molecule has 5 heteroatoms. The molecule has 0 unspecified atom stereocenters. The summed E-state index contributed by atoms with van der Waals surface area (Å²) in [4.78, 5) is 9.12. The maximum Gasteiger partial charge on any atom is 0.229 e. The Bertz CT molecular complexity index is 859. The van der Waals surface area contributed by atoms with Crippen LogP contribution in [0.4, 0.5) is 21.8 Å². The van der Waals surface area contributed by atoms with Crippen LogP contribution in [0.2, 0.25) is 0 Å². The minimum absolute atomic E-state index is 0.320. The van der Waals surface area contributed by atoms with E-state index in [9.17, 15) is 4.39 Å². The molecular weight excluding hydrogens is 303 g/mol. The second-order valence-electron chi connectivity index (χ2n) is 6.14. The van der Waals surface area contributed by atoms with E-state index in [0.717, 1.165) is 29.6 Å². The van der Waals surface area contributed by atoms with Crippen molar-refractivity contribution in [3.8, 4) is 0 Å². The molecule has 4 nitrogen and oxygen atoms in total. The lowest BCUT2D eigenvalue weighted by Gasteiger charge is -2.16. The first-order chi connectivity index (χ1) is 11.8. The first-order valence-electron chi connectivity index (χ1n) is 8.34. The number of hydrogen-bond donors (Lipinski definition) is 2.